The predicted octanol–water partition coefficient (Wildman–Crippen LogP) is 3.75. The SMILES string of the molecule is CC(C)C(N)CCOc1cc(Cl)cc(Cl)c1. The van der Waals surface area contributed by atoms with Crippen LogP contribution in [0.25, 0.3) is 0 Å². The molecule has 0 aliphatic rings. The first kappa shape index (κ1) is 13.6. The number of rotatable bonds is 5. The van der Waals surface area contributed by atoms with Gasteiger partial charge < -0.3 is 10.5 Å². The van der Waals surface area contributed by atoms with Gasteiger partial charge in [-0.1, -0.05) is 37.0 Å². The van der Waals surface area contributed by atoms with Crippen LogP contribution in [0.3, 0.4) is 0 Å². The lowest BCUT2D eigenvalue weighted by Crippen LogP contribution is -2.28. The third kappa shape index (κ3) is 4.60. The Kier molecular flexibility index (Phi) is 5.39. The van der Waals surface area contributed by atoms with Crippen molar-refractivity contribution in [2.75, 3.05) is 6.61 Å². The summed E-state index contributed by atoms with van der Waals surface area (Å²) in [5.41, 5.74) is 5.91. The molecule has 0 radical (unpaired) electrons. The Labute approximate surface area is 107 Å². The topological polar surface area (TPSA) is 35.2 Å². The summed E-state index contributed by atoms with van der Waals surface area (Å²) in [6, 6.07) is 5.33. The van der Waals surface area contributed by atoms with E-state index in [1.165, 1.54) is 0 Å². The van der Waals surface area contributed by atoms with Crippen molar-refractivity contribution in [2.24, 2.45) is 11.7 Å². The molecule has 16 heavy (non-hydrogen) atoms. The van der Waals surface area contributed by atoms with Crippen LogP contribution in [0.2, 0.25) is 10.0 Å². The second-order valence-electron chi connectivity index (χ2n) is 4.15. The van der Waals surface area contributed by atoms with Gasteiger partial charge >= 0.3 is 0 Å². The summed E-state index contributed by atoms with van der Waals surface area (Å²) in [6.07, 6.45) is 0.821. The van der Waals surface area contributed by atoms with Crippen LogP contribution < -0.4 is 10.5 Å². The van der Waals surface area contributed by atoms with E-state index in [0.29, 0.717) is 28.3 Å². The van der Waals surface area contributed by atoms with Gasteiger partial charge in [0.1, 0.15) is 5.75 Å². The highest BCUT2D eigenvalue weighted by Gasteiger charge is 2.07. The Morgan fingerprint density at radius 3 is 2.25 bits per heavy atom. The average Bonchev–Trinajstić information content (AvgIpc) is 2.15. The van der Waals surface area contributed by atoms with Crippen molar-refractivity contribution in [3.05, 3.63) is 28.2 Å². The lowest BCUT2D eigenvalue weighted by Gasteiger charge is -2.15. The molecule has 0 amide bonds. The summed E-state index contributed by atoms with van der Waals surface area (Å²) in [5, 5.41) is 1.16. The molecular weight excluding hydrogens is 245 g/mol. The van der Waals surface area contributed by atoms with E-state index in [4.69, 9.17) is 33.7 Å². The van der Waals surface area contributed by atoms with E-state index >= 15 is 0 Å². The molecule has 0 saturated carbocycles. The van der Waals surface area contributed by atoms with Crippen LogP contribution in [0, 0.1) is 5.92 Å². The van der Waals surface area contributed by atoms with Crippen LogP contribution in [0.1, 0.15) is 20.3 Å². The molecule has 0 heterocycles. The number of nitrogens with two attached hydrogens (primary N) is 1. The van der Waals surface area contributed by atoms with Crippen molar-refractivity contribution in [1.29, 1.82) is 0 Å². The van der Waals surface area contributed by atoms with Gasteiger partial charge in [-0.3, -0.25) is 0 Å². The summed E-state index contributed by atoms with van der Waals surface area (Å²) in [6.45, 7) is 4.78. The predicted molar refractivity (Wildman–Crippen MR) is 69.4 cm³/mol. The first-order valence-corrected chi connectivity index (χ1v) is 6.09. The van der Waals surface area contributed by atoms with Crippen molar-refractivity contribution >= 4 is 23.2 Å². The first-order valence-electron chi connectivity index (χ1n) is 5.33. The van der Waals surface area contributed by atoms with E-state index in [9.17, 15) is 0 Å². The third-order valence-corrected chi connectivity index (χ3v) is 2.85. The molecule has 1 aromatic carbocycles. The van der Waals surface area contributed by atoms with Crippen molar-refractivity contribution in [3.8, 4) is 5.75 Å². The molecule has 0 spiro atoms. The minimum atomic E-state index is 0.162. The summed E-state index contributed by atoms with van der Waals surface area (Å²) >= 11 is 11.7. The second-order valence-corrected chi connectivity index (χ2v) is 5.02. The molecule has 1 unspecified atom stereocenters. The van der Waals surface area contributed by atoms with Gasteiger partial charge in [-0.2, -0.15) is 0 Å². The average molecular weight is 262 g/mol. The van der Waals surface area contributed by atoms with Crippen molar-refractivity contribution in [2.45, 2.75) is 26.3 Å². The van der Waals surface area contributed by atoms with Crippen LogP contribution in [0.15, 0.2) is 18.2 Å². The van der Waals surface area contributed by atoms with E-state index in [-0.39, 0.29) is 6.04 Å². The van der Waals surface area contributed by atoms with E-state index in [1.807, 2.05) is 0 Å². The number of hydrogen-bond donors (Lipinski definition) is 1. The quantitative estimate of drug-likeness (QED) is 0.877. The molecule has 4 heteroatoms. The van der Waals surface area contributed by atoms with Gasteiger partial charge in [0.15, 0.2) is 0 Å². The van der Waals surface area contributed by atoms with Gasteiger partial charge in [-0.25, -0.2) is 0 Å². The number of halogens is 2. The molecule has 90 valence electrons. The van der Waals surface area contributed by atoms with Gasteiger partial charge in [0.25, 0.3) is 0 Å². The number of hydrogen-bond acceptors (Lipinski definition) is 2. The maximum absolute atomic E-state index is 5.91. The molecule has 2 N–H and O–H groups in total. The maximum Gasteiger partial charge on any atom is 0.122 e. The summed E-state index contributed by atoms with van der Waals surface area (Å²) in [5.74, 6) is 1.15. The molecule has 0 aliphatic carbocycles. The summed E-state index contributed by atoms with van der Waals surface area (Å²) < 4.78 is 5.54. The van der Waals surface area contributed by atoms with Crippen LogP contribution >= 0.6 is 23.2 Å². The molecule has 1 aromatic rings. The molecule has 0 saturated heterocycles. The van der Waals surface area contributed by atoms with Crippen molar-refractivity contribution in [3.63, 3.8) is 0 Å². The largest absolute Gasteiger partial charge is 0.493 e. The molecule has 0 aliphatic heterocycles. The summed E-state index contributed by atoms with van der Waals surface area (Å²) in [7, 11) is 0. The van der Waals surface area contributed by atoms with Gasteiger partial charge in [0.05, 0.1) is 6.61 Å². The smallest absolute Gasteiger partial charge is 0.122 e. The Morgan fingerprint density at radius 2 is 1.75 bits per heavy atom. The Morgan fingerprint density at radius 1 is 1.19 bits per heavy atom. The molecule has 2 nitrogen and oxygen atoms in total. The van der Waals surface area contributed by atoms with E-state index < -0.39 is 0 Å². The lowest BCUT2D eigenvalue weighted by molar-refractivity contribution is 0.282. The van der Waals surface area contributed by atoms with E-state index in [1.54, 1.807) is 18.2 Å². The Bertz CT molecular complexity index is 322. The van der Waals surface area contributed by atoms with Crippen LogP contribution in [-0.4, -0.2) is 12.6 Å². The molecule has 0 bridgehead atoms. The fourth-order valence-corrected chi connectivity index (χ4v) is 1.76. The van der Waals surface area contributed by atoms with E-state index in [0.717, 1.165) is 6.42 Å². The van der Waals surface area contributed by atoms with Crippen LogP contribution in [0.4, 0.5) is 0 Å². The normalized spacial score (nSPS) is 12.9. The minimum absolute atomic E-state index is 0.162. The Hall–Kier alpha value is -0.440. The van der Waals surface area contributed by atoms with Crippen LogP contribution in [0.5, 0.6) is 5.75 Å². The number of ether oxygens (including phenoxy) is 1. The van der Waals surface area contributed by atoms with Gasteiger partial charge in [-0.15, -0.1) is 0 Å². The maximum atomic E-state index is 5.91. The lowest BCUT2D eigenvalue weighted by atomic mass is 10.0. The third-order valence-electron chi connectivity index (χ3n) is 2.41. The molecule has 0 aromatic heterocycles. The number of benzene rings is 1. The van der Waals surface area contributed by atoms with Gasteiger partial charge in [0.2, 0.25) is 0 Å². The zero-order chi connectivity index (χ0) is 12.1. The second kappa shape index (κ2) is 6.33. The first-order chi connectivity index (χ1) is 7.49. The minimum Gasteiger partial charge on any atom is -0.493 e. The van der Waals surface area contributed by atoms with Gasteiger partial charge in [0, 0.05) is 16.1 Å². The Balaban J connectivity index is 2.43. The van der Waals surface area contributed by atoms with Crippen molar-refractivity contribution in [1.82, 2.24) is 0 Å². The highest BCUT2D eigenvalue weighted by Crippen LogP contribution is 2.24. The van der Waals surface area contributed by atoms with E-state index in [2.05, 4.69) is 13.8 Å². The zero-order valence-electron chi connectivity index (χ0n) is 9.54. The van der Waals surface area contributed by atoms with Gasteiger partial charge in [-0.05, 0) is 30.5 Å². The monoisotopic (exact) mass is 261 g/mol. The standard InChI is InChI=1S/C12H17Cl2NO/c1-8(2)12(15)3-4-16-11-6-9(13)5-10(14)7-11/h5-8,12H,3-4,15H2,1-2H3. The fraction of sp³-hybridized carbons (Fsp3) is 0.500. The van der Waals surface area contributed by atoms with Crippen LogP contribution in [-0.2, 0) is 0 Å². The molecule has 1 rings (SSSR count). The van der Waals surface area contributed by atoms with Crippen molar-refractivity contribution < 1.29 is 4.74 Å². The molecule has 0 fully saturated rings. The fourth-order valence-electron chi connectivity index (χ4n) is 1.26. The summed E-state index contributed by atoms with van der Waals surface area (Å²) in [4.78, 5) is 0. The zero-order valence-corrected chi connectivity index (χ0v) is 11.1. The molecule has 1 atom stereocenters. The highest BCUT2D eigenvalue weighted by atomic mass is 35.5. The highest BCUT2D eigenvalue weighted by molar-refractivity contribution is 6.34. The molecular formula is C12H17Cl2NO.